The van der Waals surface area contributed by atoms with Crippen LogP contribution in [0.4, 0.5) is 5.69 Å². The predicted octanol–water partition coefficient (Wildman–Crippen LogP) is 3.73. The maximum Gasteiger partial charge on any atom is 0.332 e. The van der Waals surface area contributed by atoms with Crippen LogP contribution in [0.15, 0.2) is 18.2 Å². The topological polar surface area (TPSA) is 157 Å². The van der Waals surface area contributed by atoms with Gasteiger partial charge in [-0.3, -0.25) is 19.2 Å². The lowest BCUT2D eigenvalue weighted by atomic mass is 9.90. The van der Waals surface area contributed by atoms with Crippen LogP contribution in [-0.2, 0) is 33.4 Å². The number of cyclic esters (lactones) is 2. The predicted molar refractivity (Wildman–Crippen MR) is 146 cm³/mol. The number of anilines is 1. The van der Waals surface area contributed by atoms with Gasteiger partial charge in [-0.25, -0.2) is 4.79 Å². The number of para-hydroxylation sites is 1. The van der Waals surface area contributed by atoms with E-state index in [1.807, 2.05) is 27.7 Å². The van der Waals surface area contributed by atoms with Crippen molar-refractivity contribution in [2.45, 2.75) is 98.0 Å². The highest BCUT2D eigenvalue weighted by Gasteiger charge is 2.44. The molecule has 1 aromatic rings. The Morgan fingerprint density at radius 3 is 2.38 bits per heavy atom. The van der Waals surface area contributed by atoms with E-state index in [0.29, 0.717) is 31.6 Å². The molecule has 1 fully saturated rings. The molecule has 0 radical (unpaired) electrons. The van der Waals surface area contributed by atoms with Crippen molar-refractivity contribution in [3.8, 4) is 5.75 Å². The van der Waals surface area contributed by atoms with E-state index in [2.05, 4.69) is 10.6 Å². The van der Waals surface area contributed by atoms with E-state index in [9.17, 15) is 29.1 Å². The summed E-state index contributed by atoms with van der Waals surface area (Å²) < 4.78 is 17.0. The number of phenols is 1. The van der Waals surface area contributed by atoms with Crippen molar-refractivity contribution in [1.29, 1.82) is 0 Å². The molecule has 11 heteroatoms. The molecule has 1 saturated heterocycles. The Morgan fingerprint density at radius 2 is 1.75 bits per heavy atom. The van der Waals surface area contributed by atoms with E-state index < -0.39 is 59.8 Å². The first kappa shape index (κ1) is 32.6. The summed E-state index contributed by atoms with van der Waals surface area (Å²) >= 11 is 0. The molecule has 0 bridgehead atoms. The minimum atomic E-state index is -1.42. The second-order valence-corrected chi connectivity index (χ2v) is 10.8. The Hall–Kier alpha value is -3.63. The first-order chi connectivity index (χ1) is 18.9. The Balaban J connectivity index is 2.33. The lowest BCUT2D eigenvalue weighted by Gasteiger charge is -2.29. The minimum Gasteiger partial charge on any atom is -0.505 e. The third kappa shape index (κ3) is 8.96. The van der Waals surface area contributed by atoms with Crippen molar-refractivity contribution in [1.82, 2.24) is 5.32 Å². The molecule has 6 atom stereocenters. The van der Waals surface area contributed by atoms with E-state index in [-0.39, 0.29) is 23.6 Å². The first-order valence-corrected chi connectivity index (χ1v) is 13.8. The fourth-order valence-electron chi connectivity index (χ4n) is 4.37. The average molecular weight is 563 g/mol. The Kier molecular flexibility index (Phi) is 12.4. The van der Waals surface area contributed by atoms with Crippen molar-refractivity contribution < 1.29 is 43.3 Å². The second-order valence-electron chi connectivity index (χ2n) is 10.8. The van der Waals surface area contributed by atoms with Crippen LogP contribution in [0.2, 0.25) is 0 Å². The molecule has 0 saturated carbocycles. The number of benzene rings is 1. The largest absolute Gasteiger partial charge is 0.505 e. The number of rotatable bonds is 12. The molecule has 1 aliphatic rings. The smallest absolute Gasteiger partial charge is 0.332 e. The molecule has 1 aromatic carbocycles. The number of phenolic OH excluding ortho intramolecular Hbond substituents is 1. The minimum absolute atomic E-state index is 0.00114. The summed E-state index contributed by atoms with van der Waals surface area (Å²) in [4.78, 5) is 63.2. The fourth-order valence-corrected chi connectivity index (χ4v) is 4.37. The Bertz CT molecular complexity index is 1060. The molecule has 1 aliphatic heterocycles. The molecule has 2 amide bonds. The molecule has 11 nitrogen and oxygen atoms in total. The lowest BCUT2D eigenvalue weighted by molar-refractivity contribution is -0.175. The quantitative estimate of drug-likeness (QED) is 0.149. The molecule has 0 spiro atoms. The number of hydrogen-bond donors (Lipinski definition) is 3. The molecular weight excluding hydrogens is 520 g/mol. The van der Waals surface area contributed by atoms with Crippen molar-refractivity contribution >= 4 is 35.9 Å². The van der Waals surface area contributed by atoms with Crippen molar-refractivity contribution in [2.75, 3.05) is 5.32 Å². The van der Waals surface area contributed by atoms with Gasteiger partial charge in [0.15, 0.2) is 17.9 Å². The summed E-state index contributed by atoms with van der Waals surface area (Å²) in [6.07, 6.45) is -0.202. The monoisotopic (exact) mass is 562 g/mol. The maximum atomic E-state index is 13.4. The molecule has 2 rings (SSSR count). The summed E-state index contributed by atoms with van der Waals surface area (Å²) in [7, 11) is 0. The van der Waals surface area contributed by atoms with Gasteiger partial charge in [-0.15, -0.1) is 0 Å². The highest BCUT2D eigenvalue weighted by molar-refractivity contribution is 6.01. The van der Waals surface area contributed by atoms with E-state index >= 15 is 0 Å². The zero-order valence-corrected chi connectivity index (χ0v) is 24.1. The zero-order valence-electron chi connectivity index (χ0n) is 24.1. The summed E-state index contributed by atoms with van der Waals surface area (Å²) in [6, 6.07) is 2.71. The van der Waals surface area contributed by atoms with Crippen LogP contribution >= 0.6 is 0 Å². The van der Waals surface area contributed by atoms with Gasteiger partial charge in [0.1, 0.15) is 12.2 Å². The molecular formula is C29H42N2O9. The molecule has 6 unspecified atom stereocenters. The van der Waals surface area contributed by atoms with Crippen molar-refractivity contribution in [3.63, 3.8) is 0 Å². The second kappa shape index (κ2) is 15.2. The number of carbonyl (C=O) groups excluding carboxylic acids is 5. The van der Waals surface area contributed by atoms with E-state index in [1.165, 1.54) is 32.0 Å². The molecule has 0 aromatic heterocycles. The maximum absolute atomic E-state index is 13.4. The molecule has 3 N–H and O–H groups in total. The van der Waals surface area contributed by atoms with Crippen LogP contribution in [0, 0.1) is 17.8 Å². The normalized spacial score (nSPS) is 24.0. The number of aromatic hydroxyl groups is 1. The summed E-state index contributed by atoms with van der Waals surface area (Å²) in [5.41, 5.74) is -0.215. The van der Waals surface area contributed by atoms with Gasteiger partial charge in [-0.2, -0.15) is 0 Å². The zero-order chi connectivity index (χ0) is 30.0. The average Bonchev–Trinajstić information content (AvgIpc) is 2.92. The highest BCUT2D eigenvalue weighted by Crippen LogP contribution is 2.29. The van der Waals surface area contributed by atoms with Crippen LogP contribution in [0.25, 0.3) is 0 Å². The number of amides is 2. The van der Waals surface area contributed by atoms with Gasteiger partial charge in [0, 0.05) is 6.42 Å². The van der Waals surface area contributed by atoms with Crippen molar-refractivity contribution in [2.24, 2.45) is 17.8 Å². The standard InChI is InChI=1S/C29H42N2O9/c1-7-17(4)12-14-23(33)40-26-19(6)39-29(37)24(18(5)38-28(36)21(26)13-11-16(2)3)31-27(35)20-9-8-10-22(25(20)34)30-15-32/h8-10,15-19,21,24,26,34H,7,11-14H2,1-6H3,(H,30,32)(H,31,35). The van der Waals surface area contributed by atoms with E-state index in [4.69, 9.17) is 14.2 Å². The van der Waals surface area contributed by atoms with Gasteiger partial charge in [0.05, 0.1) is 17.2 Å². The highest BCUT2D eigenvalue weighted by atomic mass is 16.6. The Labute approximate surface area is 235 Å². The van der Waals surface area contributed by atoms with Crippen LogP contribution in [0.1, 0.15) is 84.0 Å². The van der Waals surface area contributed by atoms with Gasteiger partial charge < -0.3 is 30.0 Å². The van der Waals surface area contributed by atoms with Crippen LogP contribution < -0.4 is 10.6 Å². The number of carbonyl (C=O) groups is 5. The summed E-state index contributed by atoms with van der Waals surface area (Å²) in [5, 5.41) is 15.1. The molecule has 222 valence electrons. The number of esters is 3. The first-order valence-electron chi connectivity index (χ1n) is 13.8. The molecule has 40 heavy (non-hydrogen) atoms. The summed E-state index contributed by atoms with van der Waals surface area (Å²) in [5.74, 6) is -3.72. The number of ether oxygens (including phenoxy) is 3. The van der Waals surface area contributed by atoms with Gasteiger partial charge in [-0.1, -0.05) is 46.6 Å². The summed E-state index contributed by atoms with van der Waals surface area (Å²) in [6.45, 7) is 11.0. The molecule has 1 heterocycles. The van der Waals surface area contributed by atoms with Crippen LogP contribution in [-0.4, -0.2) is 59.7 Å². The fraction of sp³-hybridized carbons (Fsp3) is 0.621. The van der Waals surface area contributed by atoms with E-state index in [1.54, 1.807) is 0 Å². The van der Waals surface area contributed by atoms with Crippen LogP contribution in [0.3, 0.4) is 0 Å². The molecule has 0 aliphatic carbocycles. The van der Waals surface area contributed by atoms with Gasteiger partial charge in [0.25, 0.3) is 5.91 Å². The third-order valence-corrected chi connectivity index (χ3v) is 7.13. The number of hydrogen-bond acceptors (Lipinski definition) is 9. The van der Waals surface area contributed by atoms with Crippen molar-refractivity contribution in [3.05, 3.63) is 23.8 Å². The SMILES string of the molecule is CCC(C)CCC(=O)OC1C(C)OC(=O)C(NC(=O)c2cccc(NC=O)c2O)C(C)OC(=O)C1CCC(C)C. The lowest BCUT2D eigenvalue weighted by Crippen LogP contribution is -2.50. The number of nitrogens with one attached hydrogen (secondary N) is 2. The van der Waals surface area contributed by atoms with E-state index in [0.717, 1.165) is 6.42 Å². The van der Waals surface area contributed by atoms with Gasteiger partial charge in [-0.05, 0) is 50.7 Å². The third-order valence-electron chi connectivity index (χ3n) is 7.13. The van der Waals surface area contributed by atoms with Gasteiger partial charge >= 0.3 is 17.9 Å². The van der Waals surface area contributed by atoms with Crippen LogP contribution in [0.5, 0.6) is 5.75 Å². The van der Waals surface area contributed by atoms with Gasteiger partial charge in [0.2, 0.25) is 6.41 Å². The Morgan fingerprint density at radius 1 is 1.07 bits per heavy atom.